The summed E-state index contributed by atoms with van der Waals surface area (Å²) in [5.74, 6) is -1.11. The summed E-state index contributed by atoms with van der Waals surface area (Å²) in [5, 5.41) is 5.36. The van der Waals surface area contributed by atoms with E-state index in [1.54, 1.807) is 49.4 Å². The fraction of sp³-hybridized carbons (Fsp3) is 0.0625. The molecule has 0 radical (unpaired) electrons. The number of carbonyl (C=O) groups excluding carboxylic acids is 4. The number of carbonyl (C=O) groups is 4. The van der Waals surface area contributed by atoms with Gasteiger partial charge in [0.2, 0.25) is 0 Å². The lowest BCUT2D eigenvalue weighted by Crippen LogP contribution is -2.32. The monoisotopic (exact) mass is 581 g/mol. The van der Waals surface area contributed by atoms with Crippen LogP contribution in [0.5, 0.6) is 11.5 Å². The average molecular weight is 582 g/mol. The Morgan fingerprint density at radius 3 is 2.19 bits per heavy atom. The number of benzene rings is 4. The molecule has 42 heavy (non-hydrogen) atoms. The number of para-hydroxylation sites is 1. The van der Waals surface area contributed by atoms with Crippen molar-refractivity contribution in [2.75, 3.05) is 22.1 Å². The van der Waals surface area contributed by atoms with Crippen LogP contribution in [0.2, 0.25) is 0 Å². The lowest BCUT2D eigenvalue weighted by molar-refractivity contribution is -0.120. The first-order chi connectivity index (χ1) is 20.3. The van der Waals surface area contributed by atoms with E-state index in [0.717, 1.165) is 4.90 Å². The van der Waals surface area contributed by atoms with Crippen molar-refractivity contribution < 1.29 is 28.7 Å². The molecular weight excluding hydrogens is 558 g/mol. The van der Waals surface area contributed by atoms with Gasteiger partial charge in [-0.1, -0.05) is 41.9 Å². The molecule has 1 heterocycles. The van der Waals surface area contributed by atoms with Crippen molar-refractivity contribution in [1.82, 2.24) is 0 Å². The minimum Gasteiger partial charge on any atom is -0.462 e. The molecule has 5 rings (SSSR count). The third-order valence-electron chi connectivity index (χ3n) is 6.13. The van der Waals surface area contributed by atoms with Crippen LogP contribution >= 0.6 is 11.6 Å². The number of imide groups is 1. The highest BCUT2D eigenvalue weighted by molar-refractivity contribution is 6.53. The van der Waals surface area contributed by atoms with Crippen LogP contribution in [0, 0.1) is 0 Å². The number of amides is 3. The van der Waals surface area contributed by atoms with E-state index in [4.69, 9.17) is 21.1 Å². The second kappa shape index (κ2) is 12.4. The molecule has 4 aromatic carbocycles. The summed E-state index contributed by atoms with van der Waals surface area (Å²) in [4.78, 5) is 52.1. The van der Waals surface area contributed by atoms with Gasteiger partial charge in [-0.15, -0.1) is 0 Å². The Labute approximate surface area is 246 Å². The van der Waals surface area contributed by atoms with Crippen LogP contribution in [0.25, 0.3) is 0 Å². The van der Waals surface area contributed by atoms with Crippen LogP contribution in [-0.4, -0.2) is 30.3 Å². The number of rotatable bonds is 9. The lowest BCUT2D eigenvalue weighted by Gasteiger charge is -2.16. The molecular formula is C32H24ClN3O6. The number of halogens is 1. The van der Waals surface area contributed by atoms with E-state index in [1.165, 1.54) is 30.3 Å². The van der Waals surface area contributed by atoms with E-state index in [1.807, 2.05) is 30.3 Å². The second-order valence-electron chi connectivity index (χ2n) is 9.00. The van der Waals surface area contributed by atoms with Crippen LogP contribution in [0.3, 0.4) is 0 Å². The summed E-state index contributed by atoms with van der Waals surface area (Å²) in [5.41, 5.74) is 1.42. The Morgan fingerprint density at radius 1 is 0.762 bits per heavy atom. The maximum absolute atomic E-state index is 13.2. The van der Waals surface area contributed by atoms with E-state index in [2.05, 4.69) is 10.6 Å². The van der Waals surface area contributed by atoms with Crippen molar-refractivity contribution in [3.05, 3.63) is 125 Å². The number of ether oxygens (including phenoxy) is 2. The average Bonchev–Trinajstić information content (AvgIpc) is 3.21. The van der Waals surface area contributed by atoms with E-state index in [-0.39, 0.29) is 34.5 Å². The molecule has 0 bridgehead atoms. The first-order valence-electron chi connectivity index (χ1n) is 12.9. The topological polar surface area (TPSA) is 114 Å². The summed E-state index contributed by atoms with van der Waals surface area (Å²) in [6.07, 6.45) is 0. The smallest absolute Gasteiger partial charge is 0.338 e. The molecule has 9 nitrogen and oxygen atoms in total. The summed E-state index contributed by atoms with van der Waals surface area (Å²) in [6.45, 7) is 1.86. The Hall–Kier alpha value is -5.41. The Kier molecular flexibility index (Phi) is 8.31. The molecule has 210 valence electrons. The van der Waals surface area contributed by atoms with Crippen LogP contribution in [0.4, 0.5) is 17.1 Å². The van der Waals surface area contributed by atoms with Gasteiger partial charge in [-0.3, -0.25) is 14.4 Å². The van der Waals surface area contributed by atoms with Gasteiger partial charge in [-0.25, -0.2) is 9.69 Å². The summed E-state index contributed by atoms with van der Waals surface area (Å²) >= 11 is 6.27. The molecule has 0 fully saturated rings. The first kappa shape index (κ1) is 28.1. The van der Waals surface area contributed by atoms with E-state index in [9.17, 15) is 19.2 Å². The third-order valence-corrected chi connectivity index (χ3v) is 6.48. The fourth-order valence-corrected chi connectivity index (χ4v) is 4.36. The fourth-order valence-electron chi connectivity index (χ4n) is 4.15. The maximum atomic E-state index is 13.2. The van der Waals surface area contributed by atoms with Crippen LogP contribution in [0.15, 0.2) is 114 Å². The zero-order chi connectivity index (χ0) is 29.6. The van der Waals surface area contributed by atoms with Crippen molar-refractivity contribution in [3.63, 3.8) is 0 Å². The number of esters is 1. The zero-order valence-corrected chi connectivity index (χ0v) is 23.1. The minimum atomic E-state index is -0.751. The Balaban J connectivity index is 1.27. The third kappa shape index (κ3) is 6.16. The van der Waals surface area contributed by atoms with E-state index >= 15 is 0 Å². The lowest BCUT2D eigenvalue weighted by atomic mass is 10.1. The van der Waals surface area contributed by atoms with Gasteiger partial charge in [-0.05, 0) is 79.7 Å². The number of nitrogens with one attached hydrogen (secondary N) is 2. The molecule has 3 amide bonds. The van der Waals surface area contributed by atoms with E-state index < -0.39 is 17.8 Å². The largest absolute Gasteiger partial charge is 0.462 e. The minimum absolute atomic E-state index is 0.158. The molecule has 2 N–H and O–H groups in total. The summed E-state index contributed by atoms with van der Waals surface area (Å²) in [7, 11) is 0. The predicted octanol–water partition coefficient (Wildman–Crippen LogP) is 6.34. The highest BCUT2D eigenvalue weighted by atomic mass is 35.5. The molecule has 0 saturated heterocycles. The summed E-state index contributed by atoms with van der Waals surface area (Å²) in [6, 6.07) is 28.6. The molecule has 1 aliphatic heterocycles. The van der Waals surface area contributed by atoms with Crippen molar-refractivity contribution in [3.8, 4) is 11.5 Å². The second-order valence-corrected chi connectivity index (χ2v) is 9.38. The number of hydrogen-bond acceptors (Lipinski definition) is 7. The highest BCUT2D eigenvalue weighted by Gasteiger charge is 2.39. The maximum Gasteiger partial charge on any atom is 0.338 e. The van der Waals surface area contributed by atoms with Gasteiger partial charge in [0.25, 0.3) is 17.7 Å². The van der Waals surface area contributed by atoms with Crippen LogP contribution < -0.4 is 20.3 Å². The van der Waals surface area contributed by atoms with Crippen molar-refractivity contribution in [2.45, 2.75) is 6.92 Å². The molecule has 0 aliphatic carbocycles. The normalized spacial score (nSPS) is 12.8. The first-order valence-corrected chi connectivity index (χ1v) is 13.3. The quantitative estimate of drug-likeness (QED) is 0.175. The van der Waals surface area contributed by atoms with Crippen molar-refractivity contribution in [1.29, 1.82) is 0 Å². The van der Waals surface area contributed by atoms with Crippen LogP contribution in [0.1, 0.15) is 27.6 Å². The van der Waals surface area contributed by atoms with Gasteiger partial charge in [0.1, 0.15) is 22.2 Å². The van der Waals surface area contributed by atoms with Crippen molar-refractivity contribution >= 4 is 52.4 Å². The molecule has 0 atom stereocenters. The number of nitrogens with zero attached hydrogens (tertiary/aromatic N) is 1. The molecule has 1 aliphatic rings. The molecule has 4 aromatic rings. The molecule has 0 spiro atoms. The Bertz CT molecular complexity index is 1700. The van der Waals surface area contributed by atoms with Gasteiger partial charge in [0.05, 0.1) is 17.9 Å². The standard InChI is InChI=1S/C32H24ClN3O6/c1-2-41-32(40)21-9-7-11-24(19-21)36-30(38)27(33)28(31(36)39)34-23-10-6-8-20(18-23)29(37)35-22-14-16-26(17-15-22)42-25-12-4-3-5-13-25/h3-19,34H,2H2,1H3,(H,35,37). The van der Waals surface area contributed by atoms with Gasteiger partial charge >= 0.3 is 5.97 Å². The van der Waals surface area contributed by atoms with Gasteiger partial charge in [-0.2, -0.15) is 0 Å². The SMILES string of the molecule is CCOC(=O)c1cccc(N2C(=O)C(Cl)=C(Nc3cccc(C(=O)Nc4ccc(Oc5ccccc5)cc4)c3)C2=O)c1. The molecule has 0 saturated carbocycles. The zero-order valence-electron chi connectivity index (χ0n) is 22.3. The van der Waals surface area contributed by atoms with Gasteiger partial charge in [0, 0.05) is 16.9 Å². The predicted molar refractivity (Wildman–Crippen MR) is 159 cm³/mol. The number of hydrogen-bond donors (Lipinski definition) is 2. The van der Waals surface area contributed by atoms with Crippen LogP contribution in [-0.2, 0) is 14.3 Å². The van der Waals surface area contributed by atoms with Crippen molar-refractivity contribution in [2.24, 2.45) is 0 Å². The summed E-state index contributed by atoms with van der Waals surface area (Å²) < 4.78 is 10.8. The highest BCUT2D eigenvalue weighted by Crippen LogP contribution is 2.31. The number of anilines is 3. The van der Waals surface area contributed by atoms with Gasteiger partial charge in [0.15, 0.2) is 0 Å². The molecule has 10 heteroatoms. The molecule has 0 aromatic heterocycles. The molecule has 0 unspecified atom stereocenters. The van der Waals surface area contributed by atoms with Gasteiger partial charge < -0.3 is 20.1 Å². The van der Waals surface area contributed by atoms with E-state index in [0.29, 0.717) is 28.4 Å². The Morgan fingerprint density at radius 2 is 1.45 bits per heavy atom.